The maximum atomic E-state index is 5.51. The van der Waals surface area contributed by atoms with Crippen molar-refractivity contribution >= 4 is 21.7 Å². The third-order valence-electron chi connectivity index (χ3n) is 1.87. The summed E-state index contributed by atoms with van der Waals surface area (Å²) in [5.41, 5.74) is 7.43. The summed E-state index contributed by atoms with van der Waals surface area (Å²) in [6.45, 7) is 2.42. The Balaban J connectivity index is 2.75. The second kappa shape index (κ2) is 3.08. The summed E-state index contributed by atoms with van der Waals surface area (Å²) in [5, 5.41) is 0. The number of fused-ring (bicyclic) bond motifs is 1. The molecule has 0 saturated heterocycles. The number of nitrogens with zero attached hydrogens (tertiary/aromatic N) is 3. The summed E-state index contributed by atoms with van der Waals surface area (Å²) in [5.74, 6) is 0.696. The highest BCUT2D eigenvalue weighted by Gasteiger charge is 2.06. The van der Waals surface area contributed by atoms with Crippen molar-refractivity contribution in [1.82, 2.24) is 14.4 Å². The van der Waals surface area contributed by atoms with Crippen LogP contribution in [0, 0.1) is 6.92 Å². The molecule has 0 aliphatic rings. The van der Waals surface area contributed by atoms with Crippen LogP contribution in [-0.4, -0.2) is 14.4 Å². The Labute approximate surface area is 83.9 Å². The van der Waals surface area contributed by atoms with E-state index in [4.69, 9.17) is 5.73 Å². The summed E-state index contributed by atoms with van der Waals surface area (Å²) in [4.78, 5) is 8.43. The molecule has 0 saturated carbocycles. The van der Waals surface area contributed by atoms with Crippen molar-refractivity contribution in [3.63, 3.8) is 0 Å². The molecule has 0 aliphatic carbocycles. The molecule has 4 nitrogen and oxygen atoms in total. The Kier molecular flexibility index (Phi) is 2.05. The number of hydrogen-bond acceptors (Lipinski definition) is 3. The third-order valence-corrected chi connectivity index (χ3v) is 2.83. The molecule has 0 radical (unpaired) electrons. The van der Waals surface area contributed by atoms with E-state index in [1.54, 1.807) is 6.20 Å². The molecule has 2 rings (SSSR count). The minimum Gasteiger partial charge on any atom is -0.326 e. The van der Waals surface area contributed by atoms with Gasteiger partial charge in [0, 0.05) is 24.5 Å². The zero-order chi connectivity index (χ0) is 9.42. The zero-order valence-electron chi connectivity index (χ0n) is 7.16. The Bertz CT molecular complexity index is 449. The number of imidazole rings is 1. The largest absolute Gasteiger partial charge is 0.326 e. The lowest BCUT2D eigenvalue weighted by molar-refractivity contribution is 0.982. The van der Waals surface area contributed by atoms with Gasteiger partial charge in [0.25, 0.3) is 0 Å². The van der Waals surface area contributed by atoms with Crippen molar-refractivity contribution < 1.29 is 0 Å². The van der Waals surface area contributed by atoms with Gasteiger partial charge in [-0.25, -0.2) is 9.97 Å². The lowest BCUT2D eigenvalue weighted by atomic mass is 10.3. The predicted octanol–water partition coefficient (Wildman–Crippen LogP) is 1.26. The molecule has 0 amide bonds. The minimum atomic E-state index is 0.493. The molecule has 0 spiro atoms. The van der Waals surface area contributed by atoms with Gasteiger partial charge < -0.3 is 5.73 Å². The van der Waals surface area contributed by atoms with E-state index in [2.05, 4.69) is 25.9 Å². The Morgan fingerprint density at radius 2 is 2.38 bits per heavy atom. The van der Waals surface area contributed by atoms with Crippen molar-refractivity contribution in [2.75, 3.05) is 0 Å². The number of halogens is 1. The average Bonchev–Trinajstić information content (AvgIpc) is 2.43. The summed E-state index contributed by atoms with van der Waals surface area (Å²) >= 11 is 3.43. The van der Waals surface area contributed by atoms with E-state index >= 15 is 0 Å². The van der Waals surface area contributed by atoms with Crippen molar-refractivity contribution in [2.45, 2.75) is 13.5 Å². The lowest BCUT2D eigenvalue weighted by Gasteiger charge is -1.97. The molecule has 0 aliphatic heterocycles. The van der Waals surface area contributed by atoms with Gasteiger partial charge in [-0.05, 0) is 22.9 Å². The Morgan fingerprint density at radius 3 is 3.08 bits per heavy atom. The molecular weight excluding hydrogens is 232 g/mol. The van der Waals surface area contributed by atoms with Crippen LogP contribution in [0.2, 0.25) is 0 Å². The minimum absolute atomic E-state index is 0.493. The number of rotatable bonds is 1. The quantitative estimate of drug-likeness (QED) is 0.817. The van der Waals surface area contributed by atoms with Gasteiger partial charge in [0.2, 0.25) is 5.78 Å². The standard InChI is InChI=1S/C8H9BrN4/c1-5-7(9)13-4-6(2-10)3-11-8(13)12-5/h3-4H,2,10H2,1H3. The second-order valence-corrected chi connectivity index (χ2v) is 3.58. The SMILES string of the molecule is Cc1nc2ncc(CN)cn2c1Br. The van der Waals surface area contributed by atoms with Crippen LogP contribution in [-0.2, 0) is 6.54 Å². The second-order valence-electron chi connectivity index (χ2n) is 2.82. The van der Waals surface area contributed by atoms with Crippen molar-refractivity contribution in [3.8, 4) is 0 Å². The normalized spacial score (nSPS) is 11.0. The topological polar surface area (TPSA) is 56.2 Å². The molecule has 5 heteroatoms. The first-order chi connectivity index (χ1) is 6.22. The first kappa shape index (κ1) is 8.65. The fourth-order valence-corrected chi connectivity index (χ4v) is 1.51. The van der Waals surface area contributed by atoms with Crippen LogP contribution < -0.4 is 5.73 Å². The fraction of sp³-hybridized carbons (Fsp3) is 0.250. The van der Waals surface area contributed by atoms with Crippen molar-refractivity contribution in [2.24, 2.45) is 5.73 Å². The molecule has 2 aromatic heterocycles. The Morgan fingerprint density at radius 1 is 1.62 bits per heavy atom. The monoisotopic (exact) mass is 240 g/mol. The number of aromatic nitrogens is 3. The van der Waals surface area contributed by atoms with Gasteiger partial charge in [0.05, 0.1) is 5.69 Å². The van der Waals surface area contributed by atoms with Crippen LogP contribution in [0.15, 0.2) is 17.0 Å². The summed E-state index contributed by atoms with van der Waals surface area (Å²) < 4.78 is 2.82. The number of aryl methyl sites for hydroxylation is 1. The maximum Gasteiger partial charge on any atom is 0.234 e. The van der Waals surface area contributed by atoms with Crippen LogP contribution in [0.5, 0.6) is 0 Å². The molecule has 68 valence electrons. The number of nitrogens with two attached hydrogens (primary N) is 1. The number of hydrogen-bond donors (Lipinski definition) is 1. The molecule has 2 N–H and O–H groups in total. The molecular formula is C8H9BrN4. The van der Waals surface area contributed by atoms with Gasteiger partial charge in [-0.15, -0.1) is 0 Å². The highest BCUT2D eigenvalue weighted by Crippen LogP contribution is 2.16. The first-order valence-electron chi connectivity index (χ1n) is 3.91. The van der Waals surface area contributed by atoms with E-state index < -0.39 is 0 Å². The molecule has 0 unspecified atom stereocenters. The summed E-state index contributed by atoms with van der Waals surface area (Å²) in [7, 11) is 0. The van der Waals surface area contributed by atoms with E-state index in [-0.39, 0.29) is 0 Å². The fourth-order valence-electron chi connectivity index (χ4n) is 1.16. The van der Waals surface area contributed by atoms with Gasteiger partial charge in [-0.1, -0.05) is 0 Å². The average molecular weight is 241 g/mol. The summed E-state index contributed by atoms with van der Waals surface area (Å²) in [6, 6.07) is 0. The van der Waals surface area contributed by atoms with Crippen molar-refractivity contribution in [3.05, 3.63) is 28.3 Å². The molecule has 0 bridgehead atoms. The van der Waals surface area contributed by atoms with E-state index in [9.17, 15) is 0 Å². The van der Waals surface area contributed by atoms with Gasteiger partial charge in [-0.2, -0.15) is 0 Å². The smallest absolute Gasteiger partial charge is 0.234 e. The van der Waals surface area contributed by atoms with E-state index in [1.807, 2.05) is 17.5 Å². The molecule has 13 heavy (non-hydrogen) atoms. The van der Waals surface area contributed by atoms with Crippen LogP contribution in [0.1, 0.15) is 11.3 Å². The van der Waals surface area contributed by atoms with E-state index in [0.29, 0.717) is 12.3 Å². The van der Waals surface area contributed by atoms with E-state index in [0.717, 1.165) is 15.9 Å². The van der Waals surface area contributed by atoms with Crippen LogP contribution in [0.25, 0.3) is 5.78 Å². The van der Waals surface area contributed by atoms with Gasteiger partial charge in [-0.3, -0.25) is 4.40 Å². The Hall–Kier alpha value is -0.940. The van der Waals surface area contributed by atoms with Gasteiger partial charge in [0.1, 0.15) is 4.60 Å². The maximum absolute atomic E-state index is 5.51. The zero-order valence-corrected chi connectivity index (χ0v) is 8.74. The van der Waals surface area contributed by atoms with Gasteiger partial charge >= 0.3 is 0 Å². The summed E-state index contributed by atoms with van der Waals surface area (Å²) in [6.07, 6.45) is 3.68. The third kappa shape index (κ3) is 1.34. The van der Waals surface area contributed by atoms with Crippen molar-refractivity contribution in [1.29, 1.82) is 0 Å². The van der Waals surface area contributed by atoms with Crippen LogP contribution in [0.3, 0.4) is 0 Å². The molecule has 2 aromatic rings. The van der Waals surface area contributed by atoms with Gasteiger partial charge in [0.15, 0.2) is 0 Å². The predicted molar refractivity (Wildman–Crippen MR) is 53.3 cm³/mol. The molecule has 2 heterocycles. The van der Waals surface area contributed by atoms with Crippen LogP contribution >= 0.6 is 15.9 Å². The lowest BCUT2D eigenvalue weighted by Crippen LogP contribution is -2.00. The first-order valence-corrected chi connectivity index (χ1v) is 4.71. The molecule has 0 aromatic carbocycles. The van der Waals surface area contributed by atoms with E-state index in [1.165, 1.54) is 0 Å². The molecule has 0 atom stereocenters. The highest BCUT2D eigenvalue weighted by molar-refractivity contribution is 9.10. The molecule has 0 fully saturated rings. The highest BCUT2D eigenvalue weighted by atomic mass is 79.9. The van der Waals surface area contributed by atoms with Crippen LogP contribution in [0.4, 0.5) is 0 Å².